The summed E-state index contributed by atoms with van der Waals surface area (Å²) in [5, 5.41) is 14.4. The molecule has 1 fully saturated rings. The second-order valence-corrected chi connectivity index (χ2v) is 8.76. The van der Waals surface area contributed by atoms with Crippen LogP contribution in [0.5, 0.6) is 5.75 Å². The lowest BCUT2D eigenvalue weighted by molar-refractivity contribution is -0.135. The van der Waals surface area contributed by atoms with Gasteiger partial charge < -0.3 is 26.2 Å². The molecule has 3 rings (SSSR count). The molecular formula is C26H29F3N4O4. The van der Waals surface area contributed by atoms with Gasteiger partial charge in [-0.05, 0) is 62.0 Å². The van der Waals surface area contributed by atoms with Crippen molar-refractivity contribution in [1.29, 1.82) is 0 Å². The van der Waals surface area contributed by atoms with Gasteiger partial charge in [0.2, 0.25) is 0 Å². The predicted molar refractivity (Wildman–Crippen MR) is 134 cm³/mol. The Morgan fingerprint density at radius 3 is 2.65 bits per heavy atom. The van der Waals surface area contributed by atoms with E-state index in [0.29, 0.717) is 37.6 Å². The van der Waals surface area contributed by atoms with Crippen LogP contribution in [0.4, 0.5) is 13.2 Å². The molecule has 5 N–H and O–H groups in total. The molecule has 1 aromatic rings. The summed E-state index contributed by atoms with van der Waals surface area (Å²) >= 11 is 0. The Kier molecular flexibility index (Phi) is 9.15. The van der Waals surface area contributed by atoms with Gasteiger partial charge in [0, 0.05) is 18.5 Å². The van der Waals surface area contributed by atoms with Crippen molar-refractivity contribution in [2.75, 3.05) is 6.54 Å². The number of hydrogen-bond acceptors (Lipinski definition) is 6. The summed E-state index contributed by atoms with van der Waals surface area (Å²) in [6.45, 7) is 1.20. The minimum absolute atomic E-state index is 0.259. The lowest BCUT2D eigenvalue weighted by Gasteiger charge is -2.25. The molecule has 1 aromatic carbocycles. The second-order valence-electron chi connectivity index (χ2n) is 8.76. The molecule has 2 aliphatic rings. The number of dihydropyridines is 1. The first kappa shape index (κ1) is 27.6. The van der Waals surface area contributed by atoms with Crippen LogP contribution in [0, 0.1) is 0 Å². The Morgan fingerprint density at radius 2 is 2.03 bits per heavy atom. The van der Waals surface area contributed by atoms with E-state index in [1.54, 1.807) is 0 Å². The van der Waals surface area contributed by atoms with Crippen LogP contribution in [-0.4, -0.2) is 48.2 Å². The molecule has 1 unspecified atom stereocenters. The zero-order valence-corrected chi connectivity index (χ0v) is 20.2. The smallest absolute Gasteiger partial charge is 0.431 e. The number of carbonyl (C=O) groups excluding carboxylic acids is 1. The number of carboxylic acids is 1. The van der Waals surface area contributed by atoms with Crippen molar-refractivity contribution in [3.8, 4) is 5.75 Å². The highest BCUT2D eigenvalue weighted by Gasteiger charge is 2.36. The number of nitrogens with two attached hydrogens (primary N) is 1. The van der Waals surface area contributed by atoms with Gasteiger partial charge in [-0.15, -0.1) is 0 Å². The molecule has 1 aliphatic carbocycles. The fourth-order valence-electron chi connectivity index (χ4n) is 3.85. The number of benzene rings is 1. The number of carbonyl (C=O) groups is 2. The number of rotatable bonds is 8. The lowest BCUT2D eigenvalue weighted by atomic mass is 9.89. The molecule has 11 heteroatoms. The van der Waals surface area contributed by atoms with E-state index in [1.807, 2.05) is 55.6 Å². The number of nitrogens with one attached hydrogen (secondary N) is 2. The number of allylic oxidation sites excluding steroid dienone is 4. The van der Waals surface area contributed by atoms with Gasteiger partial charge >= 0.3 is 12.1 Å². The molecule has 0 aromatic heterocycles. The molecule has 1 saturated carbocycles. The van der Waals surface area contributed by atoms with Gasteiger partial charge in [-0.3, -0.25) is 14.6 Å². The minimum Gasteiger partial charge on any atom is -0.480 e. The second kappa shape index (κ2) is 12.3. The van der Waals surface area contributed by atoms with E-state index in [0.717, 1.165) is 16.7 Å². The quantitative estimate of drug-likeness (QED) is 0.306. The van der Waals surface area contributed by atoms with Crippen molar-refractivity contribution in [2.24, 2.45) is 10.7 Å². The Morgan fingerprint density at radius 1 is 1.30 bits per heavy atom. The summed E-state index contributed by atoms with van der Waals surface area (Å²) in [6, 6.07) is 7.28. The highest BCUT2D eigenvalue weighted by Crippen LogP contribution is 2.28. The van der Waals surface area contributed by atoms with Crippen LogP contribution < -0.4 is 21.1 Å². The summed E-state index contributed by atoms with van der Waals surface area (Å²) in [4.78, 5) is 26.5. The zero-order valence-electron chi connectivity index (χ0n) is 20.2. The number of carboxylic acid groups (broad SMARTS) is 1. The largest absolute Gasteiger partial charge is 0.480 e. The van der Waals surface area contributed by atoms with Crippen molar-refractivity contribution in [2.45, 2.75) is 51.1 Å². The Balaban J connectivity index is 1.59. The van der Waals surface area contributed by atoms with Gasteiger partial charge in [-0.1, -0.05) is 29.9 Å². The van der Waals surface area contributed by atoms with Crippen LogP contribution in [0.25, 0.3) is 6.08 Å². The summed E-state index contributed by atoms with van der Waals surface area (Å²) in [6.07, 6.45) is 5.53. The number of ether oxygens (including phenoxy) is 1. The summed E-state index contributed by atoms with van der Waals surface area (Å²) in [5.41, 5.74) is 5.81. The first-order valence-electron chi connectivity index (χ1n) is 11.7. The fraction of sp³-hybridized carbons (Fsp3) is 0.346. The Hall–Kier alpha value is -4.02. The molecule has 0 spiro atoms. The molecule has 1 heterocycles. The maximum absolute atomic E-state index is 13.1. The molecule has 0 radical (unpaired) electrons. The molecule has 8 nitrogen and oxygen atoms in total. The monoisotopic (exact) mass is 518 g/mol. The van der Waals surface area contributed by atoms with Crippen molar-refractivity contribution in [3.05, 3.63) is 70.6 Å². The average Bonchev–Trinajstić information content (AvgIpc) is 2.83. The number of amides is 1. The van der Waals surface area contributed by atoms with Crippen molar-refractivity contribution < 1.29 is 32.6 Å². The highest BCUT2D eigenvalue weighted by atomic mass is 19.4. The van der Waals surface area contributed by atoms with E-state index in [2.05, 4.69) is 15.6 Å². The van der Waals surface area contributed by atoms with E-state index in [1.165, 1.54) is 0 Å². The van der Waals surface area contributed by atoms with Crippen LogP contribution in [0.1, 0.15) is 38.2 Å². The molecule has 1 atom stereocenters. The van der Waals surface area contributed by atoms with E-state index in [4.69, 9.17) is 15.6 Å². The van der Waals surface area contributed by atoms with Gasteiger partial charge in [0.25, 0.3) is 5.91 Å². The van der Waals surface area contributed by atoms with Gasteiger partial charge in [-0.2, -0.15) is 13.2 Å². The van der Waals surface area contributed by atoms with Crippen LogP contribution in [0.15, 0.2) is 70.0 Å². The van der Waals surface area contributed by atoms with E-state index < -0.39 is 35.9 Å². The number of aliphatic imine (C=N–C) groups is 1. The SMILES string of the molecule is CC1=CNC(Oc2cccc(C=C3CCC(NC(=O)C(C=NCC(=O)O)=C(N)C(F)(F)F)CC3)c2)C=C1. The third kappa shape index (κ3) is 8.55. The van der Waals surface area contributed by atoms with Gasteiger partial charge in [0.15, 0.2) is 6.23 Å². The molecule has 198 valence electrons. The Labute approximate surface area is 212 Å². The molecule has 1 aliphatic heterocycles. The van der Waals surface area contributed by atoms with Crippen molar-refractivity contribution in [1.82, 2.24) is 10.6 Å². The average molecular weight is 519 g/mol. The maximum atomic E-state index is 13.1. The molecule has 37 heavy (non-hydrogen) atoms. The van der Waals surface area contributed by atoms with Crippen LogP contribution >= 0.6 is 0 Å². The van der Waals surface area contributed by atoms with Crippen LogP contribution in [0.2, 0.25) is 0 Å². The first-order chi connectivity index (χ1) is 17.5. The normalized spacial score (nSPS) is 20.5. The molecule has 0 saturated heterocycles. The number of halogens is 3. The van der Waals surface area contributed by atoms with Crippen LogP contribution in [0.3, 0.4) is 0 Å². The first-order valence-corrected chi connectivity index (χ1v) is 11.7. The molecular weight excluding hydrogens is 489 g/mol. The molecule has 1 amide bonds. The predicted octanol–water partition coefficient (Wildman–Crippen LogP) is 3.83. The summed E-state index contributed by atoms with van der Waals surface area (Å²) < 4.78 is 45.2. The topological polar surface area (TPSA) is 126 Å². The van der Waals surface area contributed by atoms with E-state index in [-0.39, 0.29) is 12.3 Å². The zero-order chi connectivity index (χ0) is 27.0. The van der Waals surface area contributed by atoms with E-state index >= 15 is 0 Å². The van der Waals surface area contributed by atoms with Gasteiger partial charge in [0.05, 0.1) is 5.57 Å². The summed E-state index contributed by atoms with van der Waals surface area (Å²) in [7, 11) is 0. The van der Waals surface area contributed by atoms with E-state index in [9.17, 15) is 22.8 Å². The number of aliphatic carboxylic acids is 1. The third-order valence-corrected chi connectivity index (χ3v) is 5.75. The van der Waals surface area contributed by atoms with Gasteiger partial charge in [-0.25, -0.2) is 0 Å². The van der Waals surface area contributed by atoms with Crippen molar-refractivity contribution >= 4 is 24.2 Å². The van der Waals surface area contributed by atoms with Crippen LogP contribution in [-0.2, 0) is 9.59 Å². The van der Waals surface area contributed by atoms with Gasteiger partial charge in [0.1, 0.15) is 18.0 Å². The van der Waals surface area contributed by atoms with Crippen molar-refractivity contribution in [3.63, 3.8) is 0 Å². The fourth-order valence-corrected chi connectivity index (χ4v) is 3.85. The number of nitrogens with zero attached hydrogens (tertiary/aromatic N) is 1. The number of alkyl halides is 3. The lowest BCUT2D eigenvalue weighted by Crippen LogP contribution is -2.39. The minimum atomic E-state index is -4.96. The number of hydrogen-bond donors (Lipinski definition) is 4. The highest BCUT2D eigenvalue weighted by molar-refractivity contribution is 6.13. The molecule has 0 bridgehead atoms. The summed E-state index contributed by atoms with van der Waals surface area (Å²) in [5.74, 6) is -1.68. The standard InChI is InChI=1S/C26H29F3N4O4/c1-16-5-10-22(32-13-16)37-20-4-2-3-18(12-20)11-17-6-8-19(9-7-17)33-25(36)21(14-31-15-23(34)35)24(30)26(27,28)29/h2-5,10-14,19,22,32H,6-9,15,30H2,1H3,(H,33,36)(H,34,35). The maximum Gasteiger partial charge on any atom is 0.431 e. The Bertz CT molecular complexity index is 1160. The third-order valence-electron chi connectivity index (χ3n) is 5.75.